The Kier molecular flexibility index (Phi) is 11.3. The van der Waals surface area contributed by atoms with Crippen LogP contribution in [0.3, 0.4) is 0 Å². The summed E-state index contributed by atoms with van der Waals surface area (Å²) in [7, 11) is 0. The number of rotatable bonds is 13. The highest BCUT2D eigenvalue weighted by molar-refractivity contribution is 5.94. The van der Waals surface area contributed by atoms with E-state index in [0.29, 0.717) is 25.8 Å². The van der Waals surface area contributed by atoms with Crippen LogP contribution in [0.25, 0.3) is 0 Å². The summed E-state index contributed by atoms with van der Waals surface area (Å²) in [4.78, 5) is 62.4. The van der Waals surface area contributed by atoms with Gasteiger partial charge in [0.1, 0.15) is 18.1 Å². The standard InChI is InChI=1S/C22H38N4O7/c1-12(2)10-14(23)21(31)26-9-5-6-17(26)20(30)24-15(7-8-18(27)28)19(29)25-16(22(32)33)11-13(3)4/h12-17H,5-11,23H2,1-4H3,(H,24,30)(H,25,29)(H,27,28)(H,32,33). The van der Waals surface area contributed by atoms with Gasteiger partial charge in [0.2, 0.25) is 17.7 Å². The van der Waals surface area contributed by atoms with Gasteiger partial charge in [-0.15, -0.1) is 0 Å². The summed E-state index contributed by atoms with van der Waals surface area (Å²) in [5, 5.41) is 23.3. The zero-order valence-corrected chi connectivity index (χ0v) is 19.9. The van der Waals surface area contributed by atoms with Gasteiger partial charge in [-0.3, -0.25) is 19.2 Å². The van der Waals surface area contributed by atoms with Crippen molar-refractivity contribution in [2.24, 2.45) is 17.6 Å². The lowest BCUT2D eigenvalue weighted by molar-refractivity contribution is -0.144. The molecule has 11 heteroatoms. The Morgan fingerprint density at radius 2 is 1.58 bits per heavy atom. The molecule has 0 aromatic heterocycles. The fourth-order valence-electron chi connectivity index (χ4n) is 3.89. The predicted molar refractivity (Wildman–Crippen MR) is 120 cm³/mol. The molecule has 0 saturated carbocycles. The predicted octanol–water partition coefficient (Wildman–Crippen LogP) is 0.316. The fourth-order valence-corrected chi connectivity index (χ4v) is 3.89. The van der Waals surface area contributed by atoms with Crippen LogP contribution in [0.2, 0.25) is 0 Å². The van der Waals surface area contributed by atoms with E-state index in [1.54, 1.807) is 0 Å². The van der Waals surface area contributed by atoms with Crippen molar-refractivity contribution >= 4 is 29.7 Å². The molecule has 1 rings (SSSR count). The molecule has 0 aliphatic carbocycles. The number of carbonyl (C=O) groups excluding carboxylic acids is 3. The summed E-state index contributed by atoms with van der Waals surface area (Å²) in [5.41, 5.74) is 6.01. The molecule has 3 amide bonds. The first kappa shape index (κ1) is 28.3. The molecule has 1 aliphatic heterocycles. The molecular weight excluding hydrogens is 432 g/mol. The van der Waals surface area contributed by atoms with Gasteiger partial charge in [0, 0.05) is 13.0 Å². The van der Waals surface area contributed by atoms with Crippen molar-refractivity contribution in [1.82, 2.24) is 15.5 Å². The lowest BCUT2D eigenvalue weighted by Crippen LogP contribution is -2.56. The van der Waals surface area contributed by atoms with E-state index >= 15 is 0 Å². The average Bonchev–Trinajstić information content (AvgIpc) is 3.18. The monoisotopic (exact) mass is 470 g/mol. The highest BCUT2D eigenvalue weighted by Gasteiger charge is 2.38. The van der Waals surface area contributed by atoms with Crippen molar-refractivity contribution in [3.8, 4) is 0 Å². The lowest BCUT2D eigenvalue weighted by atomic mass is 10.0. The van der Waals surface area contributed by atoms with E-state index in [1.165, 1.54) is 4.90 Å². The van der Waals surface area contributed by atoms with Crippen LogP contribution in [0.1, 0.15) is 66.2 Å². The molecule has 4 atom stereocenters. The molecule has 0 bridgehead atoms. The first-order valence-electron chi connectivity index (χ1n) is 11.4. The maximum Gasteiger partial charge on any atom is 0.326 e. The molecule has 0 aromatic carbocycles. The van der Waals surface area contributed by atoms with E-state index in [4.69, 9.17) is 10.8 Å². The number of carboxylic acid groups (broad SMARTS) is 2. The number of carbonyl (C=O) groups is 5. The van der Waals surface area contributed by atoms with Gasteiger partial charge in [-0.2, -0.15) is 0 Å². The van der Waals surface area contributed by atoms with Crippen LogP contribution in [0.15, 0.2) is 0 Å². The molecule has 1 fully saturated rings. The second kappa shape index (κ2) is 13.1. The minimum atomic E-state index is -1.25. The SMILES string of the molecule is CC(C)CC(N)C(=O)N1CCCC1C(=O)NC(CCC(=O)O)C(=O)NC(CC(C)C)C(=O)O. The molecule has 0 aromatic rings. The van der Waals surface area contributed by atoms with Gasteiger partial charge in [0.25, 0.3) is 0 Å². The minimum Gasteiger partial charge on any atom is -0.481 e. The summed E-state index contributed by atoms with van der Waals surface area (Å²) < 4.78 is 0. The van der Waals surface area contributed by atoms with E-state index in [2.05, 4.69) is 10.6 Å². The van der Waals surface area contributed by atoms with Crippen molar-refractivity contribution in [1.29, 1.82) is 0 Å². The van der Waals surface area contributed by atoms with Crippen LogP contribution in [0.5, 0.6) is 0 Å². The second-order valence-corrected chi connectivity index (χ2v) is 9.45. The topological polar surface area (TPSA) is 179 Å². The minimum absolute atomic E-state index is 0.00781. The summed E-state index contributed by atoms with van der Waals surface area (Å²) >= 11 is 0. The van der Waals surface area contributed by atoms with E-state index in [0.717, 1.165) is 0 Å². The van der Waals surface area contributed by atoms with E-state index in [-0.39, 0.29) is 30.6 Å². The zero-order chi connectivity index (χ0) is 25.3. The van der Waals surface area contributed by atoms with Crippen molar-refractivity contribution in [2.45, 2.75) is 90.4 Å². The number of amides is 3. The van der Waals surface area contributed by atoms with Crippen LogP contribution in [-0.4, -0.2) is 75.5 Å². The van der Waals surface area contributed by atoms with Crippen LogP contribution < -0.4 is 16.4 Å². The molecule has 1 aliphatic rings. The average molecular weight is 471 g/mol. The zero-order valence-electron chi connectivity index (χ0n) is 19.9. The maximum absolute atomic E-state index is 13.0. The van der Waals surface area contributed by atoms with Crippen molar-refractivity contribution in [2.75, 3.05) is 6.54 Å². The lowest BCUT2D eigenvalue weighted by Gasteiger charge is -2.29. The fraction of sp³-hybridized carbons (Fsp3) is 0.773. The van der Waals surface area contributed by atoms with Gasteiger partial charge in [-0.05, 0) is 43.9 Å². The Labute approximate surface area is 194 Å². The quantitative estimate of drug-likeness (QED) is 0.255. The number of aliphatic carboxylic acids is 2. The first-order chi connectivity index (χ1) is 15.3. The molecular formula is C22H38N4O7. The highest BCUT2D eigenvalue weighted by atomic mass is 16.4. The van der Waals surface area contributed by atoms with Gasteiger partial charge in [0.15, 0.2) is 0 Å². The van der Waals surface area contributed by atoms with Crippen molar-refractivity contribution in [3.63, 3.8) is 0 Å². The van der Waals surface area contributed by atoms with Crippen LogP contribution in [0.4, 0.5) is 0 Å². The van der Waals surface area contributed by atoms with Crippen molar-refractivity contribution < 1.29 is 34.2 Å². The molecule has 11 nitrogen and oxygen atoms in total. The molecule has 33 heavy (non-hydrogen) atoms. The summed E-state index contributed by atoms with van der Waals surface area (Å²) in [5.74, 6) is -3.87. The second-order valence-electron chi connectivity index (χ2n) is 9.45. The Bertz CT molecular complexity index is 726. The van der Waals surface area contributed by atoms with E-state index in [1.807, 2.05) is 27.7 Å². The van der Waals surface area contributed by atoms with Gasteiger partial charge in [-0.25, -0.2) is 4.79 Å². The molecule has 1 heterocycles. The molecule has 1 saturated heterocycles. The van der Waals surface area contributed by atoms with Gasteiger partial charge in [0.05, 0.1) is 6.04 Å². The smallest absolute Gasteiger partial charge is 0.326 e. The van der Waals surface area contributed by atoms with Gasteiger partial charge < -0.3 is 31.5 Å². The largest absolute Gasteiger partial charge is 0.481 e. The van der Waals surface area contributed by atoms with E-state index < -0.39 is 54.3 Å². The third kappa shape index (κ3) is 9.37. The number of carboxylic acids is 2. The molecule has 6 N–H and O–H groups in total. The third-order valence-corrected chi connectivity index (χ3v) is 5.48. The Morgan fingerprint density at radius 1 is 0.970 bits per heavy atom. The Hall–Kier alpha value is -2.69. The molecule has 4 unspecified atom stereocenters. The Balaban J connectivity index is 2.94. The molecule has 188 valence electrons. The number of nitrogens with one attached hydrogen (secondary N) is 2. The number of likely N-dealkylation sites (tertiary alicyclic amines) is 1. The van der Waals surface area contributed by atoms with Crippen LogP contribution >= 0.6 is 0 Å². The van der Waals surface area contributed by atoms with Crippen LogP contribution in [0, 0.1) is 11.8 Å². The summed E-state index contributed by atoms with van der Waals surface area (Å²) in [6, 6.07) is -3.97. The normalized spacial score (nSPS) is 18.6. The van der Waals surface area contributed by atoms with E-state index in [9.17, 15) is 29.1 Å². The van der Waals surface area contributed by atoms with Crippen LogP contribution in [-0.2, 0) is 24.0 Å². The van der Waals surface area contributed by atoms with Gasteiger partial charge >= 0.3 is 11.9 Å². The maximum atomic E-state index is 13.0. The van der Waals surface area contributed by atoms with Crippen molar-refractivity contribution in [3.05, 3.63) is 0 Å². The number of nitrogens with two attached hydrogens (primary N) is 1. The first-order valence-corrected chi connectivity index (χ1v) is 11.4. The molecule has 0 radical (unpaired) electrons. The number of hydrogen-bond acceptors (Lipinski definition) is 6. The summed E-state index contributed by atoms with van der Waals surface area (Å²) in [6.45, 7) is 7.86. The highest BCUT2D eigenvalue weighted by Crippen LogP contribution is 2.20. The number of nitrogens with zero attached hydrogens (tertiary/aromatic N) is 1. The summed E-state index contributed by atoms with van der Waals surface area (Å²) in [6.07, 6.45) is 1.03. The van der Waals surface area contributed by atoms with Gasteiger partial charge in [-0.1, -0.05) is 27.7 Å². The third-order valence-electron chi connectivity index (χ3n) is 5.48. The molecule has 0 spiro atoms. The Morgan fingerprint density at radius 3 is 2.09 bits per heavy atom. The number of hydrogen-bond donors (Lipinski definition) is 5.